The number of sulfonamides is 1. The van der Waals surface area contributed by atoms with Gasteiger partial charge in [-0.2, -0.15) is 0 Å². The van der Waals surface area contributed by atoms with Crippen molar-refractivity contribution in [1.82, 2.24) is 10.2 Å². The summed E-state index contributed by atoms with van der Waals surface area (Å²) in [7, 11) is -3.38. The monoisotopic (exact) mass is 395 g/mol. The molecule has 1 aliphatic rings. The van der Waals surface area contributed by atoms with Crippen LogP contribution in [-0.2, 0) is 14.8 Å². The third-order valence-corrected chi connectivity index (χ3v) is 6.15. The molecular weight excluding hydrogens is 362 g/mol. The number of carbonyl (C=O) groups excluding carboxylic acids is 1. The van der Waals surface area contributed by atoms with Gasteiger partial charge in [0.25, 0.3) is 0 Å². The maximum absolute atomic E-state index is 12.1. The van der Waals surface area contributed by atoms with Crippen molar-refractivity contribution in [3.05, 3.63) is 29.8 Å². The van der Waals surface area contributed by atoms with Gasteiger partial charge in [-0.1, -0.05) is 24.6 Å². The third kappa shape index (κ3) is 7.50. The van der Waals surface area contributed by atoms with E-state index in [1.54, 1.807) is 6.07 Å². The van der Waals surface area contributed by atoms with Crippen molar-refractivity contribution in [3.8, 4) is 0 Å². The van der Waals surface area contributed by atoms with Crippen LogP contribution < -0.4 is 9.62 Å². The standard InChI is InChI=1S/C20H33N3O3S/c1-18-10-4-5-11-19(18)23(27(2,25)26)17-8-12-20(24)21-13-9-16-22-14-6-3-7-15-22/h4-5,10-11H,3,6-9,12-17H2,1-2H3,(H,21,24). The average Bonchev–Trinajstić information content (AvgIpc) is 2.63. The number of likely N-dealkylation sites (tertiary alicyclic amines) is 1. The minimum absolute atomic E-state index is 0.00752. The first-order valence-corrected chi connectivity index (χ1v) is 11.7. The van der Waals surface area contributed by atoms with Crippen LogP contribution in [0.1, 0.15) is 44.1 Å². The van der Waals surface area contributed by atoms with E-state index in [-0.39, 0.29) is 5.91 Å². The second-order valence-corrected chi connectivity index (χ2v) is 9.24. The van der Waals surface area contributed by atoms with Gasteiger partial charge in [-0.15, -0.1) is 0 Å². The highest BCUT2D eigenvalue weighted by Crippen LogP contribution is 2.22. The lowest BCUT2D eigenvalue weighted by atomic mass is 10.1. The highest BCUT2D eigenvalue weighted by atomic mass is 32.2. The Morgan fingerprint density at radius 1 is 1.15 bits per heavy atom. The Kier molecular flexibility index (Phi) is 8.57. The van der Waals surface area contributed by atoms with Crippen LogP contribution >= 0.6 is 0 Å². The maximum atomic E-state index is 12.1. The van der Waals surface area contributed by atoms with Crippen molar-refractivity contribution in [1.29, 1.82) is 0 Å². The molecule has 0 spiro atoms. The predicted octanol–water partition coefficient (Wildman–Crippen LogP) is 2.53. The number of carbonyl (C=O) groups is 1. The van der Waals surface area contributed by atoms with Gasteiger partial charge < -0.3 is 10.2 Å². The number of nitrogens with one attached hydrogen (secondary N) is 1. The molecule has 0 unspecified atom stereocenters. The van der Waals surface area contributed by atoms with Crippen molar-refractivity contribution in [3.63, 3.8) is 0 Å². The fraction of sp³-hybridized carbons (Fsp3) is 0.650. The molecule has 1 fully saturated rings. The normalized spacial score (nSPS) is 15.5. The Labute approximate surface area is 164 Å². The van der Waals surface area contributed by atoms with Crippen LogP contribution in [0.2, 0.25) is 0 Å². The molecule has 1 aliphatic heterocycles. The Hall–Kier alpha value is -1.60. The zero-order valence-electron chi connectivity index (χ0n) is 16.6. The zero-order valence-corrected chi connectivity index (χ0v) is 17.4. The van der Waals surface area contributed by atoms with Gasteiger partial charge in [-0.05, 0) is 63.9 Å². The third-order valence-electron chi connectivity index (χ3n) is 4.97. The van der Waals surface area contributed by atoms with E-state index in [2.05, 4.69) is 10.2 Å². The first-order valence-electron chi connectivity index (χ1n) is 9.90. The van der Waals surface area contributed by atoms with Gasteiger partial charge in [0.1, 0.15) is 0 Å². The number of anilines is 1. The first-order chi connectivity index (χ1) is 12.9. The fourth-order valence-electron chi connectivity index (χ4n) is 3.49. The molecular formula is C20H33N3O3S. The molecule has 1 amide bonds. The van der Waals surface area contributed by atoms with Gasteiger partial charge in [-0.25, -0.2) is 8.42 Å². The van der Waals surface area contributed by atoms with Gasteiger partial charge >= 0.3 is 0 Å². The number of amides is 1. The van der Waals surface area contributed by atoms with Crippen molar-refractivity contribution in [2.75, 3.05) is 43.3 Å². The largest absolute Gasteiger partial charge is 0.356 e. The number of aryl methyl sites for hydroxylation is 1. The summed E-state index contributed by atoms with van der Waals surface area (Å²) in [6.07, 6.45) is 6.90. The molecule has 152 valence electrons. The summed E-state index contributed by atoms with van der Waals surface area (Å²) >= 11 is 0. The molecule has 0 aliphatic carbocycles. The Morgan fingerprint density at radius 3 is 2.52 bits per heavy atom. The predicted molar refractivity (Wildman–Crippen MR) is 111 cm³/mol. The van der Waals surface area contributed by atoms with Crippen molar-refractivity contribution in [2.24, 2.45) is 0 Å². The quantitative estimate of drug-likeness (QED) is 0.618. The molecule has 1 saturated heterocycles. The van der Waals surface area contributed by atoms with E-state index in [9.17, 15) is 13.2 Å². The first kappa shape index (κ1) is 21.7. The molecule has 2 rings (SSSR count). The SMILES string of the molecule is Cc1ccccc1N(CCCC(=O)NCCCN1CCCCC1)S(C)(=O)=O. The maximum Gasteiger partial charge on any atom is 0.232 e. The van der Waals surface area contributed by atoms with Crippen LogP contribution in [0, 0.1) is 6.92 Å². The van der Waals surface area contributed by atoms with Gasteiger partial charge in [0.2, 0.25) is 15.9 Å². The molecule has 1 N–H and O–H groups in total. The number of rotatable bonds is 10. The van der Waals surface area contributed by atoms with Crippen molar-refractivity contribution < 1.29 is 13.2 Å². The Balaban J connectivity index is 1.71. The molecule has 1 aromatic carbocycles. The highest BCUT2D eigenvalue weighted by Gasteiger charge is 2.19. The van der Waals surface area contributed by atoms with Gasteiger partial charge in [0.05, 0.1) is 11.9 Å². The fourth-order valence-corrected chi connectivity index (χ4v) is 4.52. The number of piperidine rings is 1. The molecule has 0 bridgehead atoms. The summed E-state index contributed by atoms with van der Waals surface area (Å²) in [4.78, 5) is 14.5. The van der Waals surface area contributed by atoms with Crippen molar-refractivity contribution >= 4 is 21.6 Å². The number of para-hydroxylation sites is 1. The zero-order chi connectivity index (χ0) is 19.7. The van der Waals surface area contributed by atoms with Crippen LogP contribution in [0.4, 0.5) is 5.69 Å². The summed E-state index contributed by atoms with van der Waals surface area (Å²) < 4.78 is 25.7. The molecule has 0 aromatic heterocycles. The van der Waals surface area contributed by atoms with E-state index in [4.69, 9.17) is 0 Å². The lowest BCUT2D eigenvalue weighted by molar-refractivity contribution is -0.121. The molecule has 7 heteroatoms. The second kappa shape index (κ2) is 10.7. The lowest BCUT2D eigenvalue weighted by Gasteiger charge is -2.26. The Bertz CT molecular complexity index is 700. The van der Waals surface area contributed by atoms with E-state index in [0.29, 0.717) is 31.6 Å². The second-order valence-electron chi connectivity index (χ2n) is 7.33. The molecule has 1 aromatic rings. The van der Waals surface area contributed by atoms with Crippen LogP contribution in [0.15, 0.2) is 24.3 Å². The number of nitrogens with zero attached hydrogens (tertiary/aromatic N) is 2. The molecule has 6 nitrogen and oxygen atoms in total. The minimum atomic E-state index is -3.38. The summed E-state index contributed by atoms with van der Waals surface area (Å²) in [6.45, 7) is 6.27. The Morgan fingerprint density at radius 2 is 1.85 bits per heavy atom. The topological polar surface area (TPSA) is 69.7 Å². The average molecular weight is 396 g/mol. The van der Waals surface area contributed by atoms with E-state index in [1.807, 2.05) is 25.1 Å². The van der Waals surface area contributed by atoms with E-state index in [0.717, 1.165) is 18.5 Å². The van der Waals surface area contributed by atoms with E-state index >= 15 is 0 Å². The summed E-state index contributed by atoms with van der Waals surface area (Å²) in [6, 6.07) is 7.41. The number of hydrogen-bond donors (Lipinski definition) is 1. The summed E-state index contributed by atoms with van der Waals surface area (Å²) in [5, 5.41) is 2.95. The molecule has 0 saturated carbocycles. The van der Waals surface area contributed by atoms with Crippen LogP contribution in [0.25, 0.3) is 0 Å². The van der Waals surface area contributed by atoms with Gasteiger partial charge in [0, 0.05) is 19.5 Å². The van der Waals surface area contributed by atoms with Crippen molar-refractivity contribution in [2.45, 2.75) is 45.4 Å². The smallest absolute Gasteiger partial charge is 0.232 e. The molecule has 0 radical (unpaired) electrons. The summed E-state index contributed by atoms with van der Waals surface area (Å²) in [5.74, 6) is -0.00752. The van der Waals surface area contributed by atoms with Crippen LogP contribution in [-0.4, -0.2) is 58.2 Å². The van der Waals surface area contributed by atoms with E-state index < -0.39 is 10.0 Å². The van der Waals surface area contributed by atoms with E-state index in [1.165, 1.54) is 42.9 Å². The molecule has 27 heavy (non-hydrogen) atoms. The molecule has 0 atom stereocenters. The highest BCUT2D eigenvalue weighted by molar-refractivity contribution is 7.92. The van der Waals surface area contributed by atoms with Gasteiger partial charge in [0.15, 0.2) is 0 Å². The molecule has 1 heterocycles. The van der Waals surface area contributed by atoms with Gasteiger partial charge in [-0.3, -0.25) is 9.10 Å². The van der Waals surface area contributed by atoms with Crippen LogP contribution in [0.5, 0.6) is 0 Å². The number of benzene rings is 1. The minimum Gasteiger partial charge on any atom is -0.356 e. The lowest BCUT2D eigenvalue weighted by Crippen LogP contribution is -2.34. The van der Waals surface area contributed by atoms with Crippen LogP contribution in [0.3, 0.4) is 0 Å². The summed E-state index contributed by atoms with van der Waals surface area (Å²) in [5.41, 5.74) is 1.59. The number of hydrogen-bond acceptors (Lipinski definition) is 4.